The number of aromatic nitrogens is 2. The van der Waals surface area contributed by atoms with Crippen LogP contribution in [0.1, 0.15) is 44.5 Å². The Morgan fingerprint density at radius 3 is 2.80 bits per heavy atom. The van der Waals surface area contributed by atoms with E-state index in [0.29, 0.717) is 5.13 Å². The molecule has 0 saturated carbocycles. The van der Waals surface area contributed by atoms with Crippen molar-refractivity contribution < 1.29 is 4.79 Å². The molecule has 1 fully saturated rings. The third kappa shape index (κ3) is 3.46. The maximum Gasteiger partial charge on any atom is 0.238 e. The third-order valence-electron chi connectivity index (χ3n) is 3.73. The van der Waals surface area contributed by atoms with Crippen molar-refractivity contribution in [2.75, 3.05) is 19.3 Å². The lowest BCUT2D eigenvalue weighted by Crippen LogP contribution is -2.50. The van der Waals surface area contributed by atoms with E-state index >= 15 is 0 Å². The fraction of sp³-hybridized carbons (Fsp3) is 0.769. The highest BCUT2D eigenvalue weighted by Gasteiger charge is 2.32. The quantitative estimate of drug-likeness (QED) is 0.879. The van der Waals surface area contributed by atoms with Crippen LogP contribution in [0.5, 0.6) is 0 Å². The van der Waals surface area contributed by atoms with Crippen molar-refractivity contribution in [3.63, 3.8) is 0 Å². The Morgan fingerprint density at radius 2 is 2.15 bits per heavy atom. The highest BCUT2D eigenvalue weighted by Crippen LogP contribution is 2.25. The molecule has 2 heterocycles. The van der Waals surface area contributed by atoms with Crippen molar-refractivity contribution in [2.24, 2.45) is 0 Å². The van der Waals surface area contributed by atoms with E-state index in [1.807, 2.05) is 20.9 Å². The molecule has 3 N–H and O–H groups in total. The molecule has 1 aromatic rings. The summed E-state index contributed by atoms with van der Waals surface area (Å²) in [6.45, 7) is 4.84. The summed E-state index contributed by atoms with van der Waals surface area (Å²) >= 11 is 1.32. The van der Waals surface area contributed by atoms with E-state index in [1.54, 1.807) is 0 Å². The van der Waals surface area contributed by atoms with E-state index in [2.05, 4.69) is 20.4 Å². The van der Waals surface area contributed by atoms with E-state index < -0.39 is 5.54 Å². The molecule has 20 heavy (non-hydrogen) atoms. The predicted molar refractivity (Wildman–Crippen MR) is 80.4 cm³/mol. The standard InChI is InChI=1S/C13H23N5OS/c1-13(2,11-16-17-12(14)20-11)15-10(19)9-7-5-4-6-8-18(9)3/h9H,4-8H2,1-3H3,(H2,14,17)(H,15,19). The number of rotatable bonds is 3. The van der Waals surface area contributed by atoms with Gasteiger partial charge in [0.25, 0.3) is 0 Å². The van der Waals surface area contributed by atoms with E-state index in [-0.39, 0.29) is 11.9 Å². The summed E-state index contributed by atoms with van der Waals surface area (Å²) < 4.78 is 0. The van der Waals surface area contributed by atoms with Gasteiger partial charge >= 0.3 is 0 Å². The number of hydrogen-bond acceptors (Lipinski definition) is 6. The van der Waals surface area contributed by atoms with Gasteiger partial charge in [0.1, 0.15) is 5.01 Å². The number of nitrogens with zero attached hydrogens (tertiary/aromatic N) is 3. The Balaban J connectivity index is 2.05. The summed E-state index contributed by atoms with van der Waals surface area (Å²) in [4.78, 5) is 14.7. The lowest BCUT2D eigenvalue weighted by atomic mass is 10.0. The molecule has 1 aliphatic heterocycles. The lowest BCUT2D eigenvalue weighted by Gasteiger charge is -2.30. The number of amides is 1. The number of nitrogen functional groups attached to an aromatic ring is 1. The molecule has 6 nitrogen and oxygen atoms in total. The molecule has 1 aliphatic rings. The Morgan fingerprint density at radius 1 is 1.40 bits per heavy atom. The summed E-state index contributed by atoms with van der Waals surface area (Å²) in [6.07, 6.45) is 4.38. The minimum Gasteiger partial charge on any atom is -0.374 e. The van der Waals surface area contributed by atoms with E-state index in [4.69, 9.17) is 5.73 Å². The minimum atomic E-state index is -0.542. The third-order valence-corrected chi connectivity index (χ3v) is 4.81. The van der Waals surface area contributed by atoms with E-state index in [9.17, 15) is 4.79 Å². The minimum absolute atomic E-state index is 0.0537. The maximum absolute atomic E-state index is 12.5. The Kier molecular flexibility index (Phi) is 4.59. The van der Waals surface area contributed by atoms with Crippen LogP contribution in [0, 0.1) is 0 Å². The summed E-state index contributed by atoms with van der Waals surface area (Å²) in [5, 5.41) is 12.1. The maximum atomic E-state index is 12.5. The van der Waals surface area contributed by atoms with Gasteiger partial charge in [-0.05, 0) is 40.3 Å². The average molecular weight is 297 g/mol. The number of likely N-dealkylation sites (N-methyl/N-ethyl adjacent to an activating group) is 1. The zero-order chi connectivity index (χ0) is 14.8. The van der Waals surface area contributed by atoms with Gasteiger partial charge in [-0.3, -0.25) is 9.69 Å². The Bertz CT molecular complexity index is 473. The smallest absolute Gasteiger partial charge is 0.238 e. The molecule has 112 valence electrons. The average Bonchev–Trinajstić information content (AvgIpc) is 2.68. The van der Waals surface area contributed by atoms with Crippen LogP contribution in [0.15, 0.2) is 0 Å². The van der Waals surface area contributed by atoms with Crippen molar-refractivity contribution in [3.8, 4) is 0 Å². The molecule has 1 atom stereocenters. The van der Waals surface area contributed by atoms with Crippen LogP contribution in [0.25, 0.3) is 0 Å². The van der Waals surface area contributed by atoms with Crippen molar-refractivity contribution in [2.45, 2.75) is 51.1 Å². The number of nitrogens with two attached hydrogens (primary N) is 1. The summed E-state index contributed by atoms with van der Waals surface area (Å²) in [7, 11) is 2.02. The van der Waals surface area contributed by atoms with Crippen LogP contribution in [0.3, 0.4) is 0 Å². The van der Waals surface area contributed by atoms with Crippen molar-refractivity contribution >= 4 is 22.4 Å². The van der Waals surface area contributed by atoms with Crippen LogP contribution >= 0.6 is 11.3 Å². The van der Waals surface area contributed by atoms with Crippen LogP contribution in [0.4, 0.5) is 5.13 Å². The van der Waals surface area contributed by atoms with Gasteiger partial charge in [0.15, 0.2) is 0 Å². The number of carbonyl (C=O) groups is 1. The first kappa shape index (κ1) is 15.2. The first-order chi connectivity index (χ1) is 9.40. The molecule has 0 aliphatic carbocycles. The molecule has 0 spiro atoms. The highest BCUT2D eigenvalue weighted by molar-refractivity contribution is 7.15. The van der Waals surface area contributed by atoms with Gasteiger partial charge < -0.3 is 11.1 Å². The van der Waals surface area contributed by atoms with E-state index in [1.165, 1.54) is 17.8 Å². The Labute approximate surface area is 123 Å². The summed E-state index contributed by atoms with van der Waals surface area (Å²) in [5.41, 5.74) is 5.07. The SMILES string of the molecule is CN1CCCCCC1C(=O)NC(C)(C)c1nnc(N)s1. The number of nitrogens with one attached hydrogen (secondary N) is 1. The molecular weight excluding hydrogens is 274 g/mol. The predicted octanol–water partition coefficient (Wildman–Crippen LogP) is 1.35. The largest absolute Gasteiger partial charge is 0.374 e. The van der Waals surface area contributed by atoms with Crippen molar-refractivity contribution in [1.29, 1.82) is 0 Å². The molecular formula is C13H23N5OS. The zero-order valence-corrected chi connectivity index (χ0v) is 13.2. The molecule has 0 radical (unpaired) electrons. The van der Waals surface area contributed by atoms with Crippen LogP contribution in [0.2, 0.25) is 0 Å². The van der Waals surface area contributed by atoms with Gasteiger partial charge in [0.2, 0.25) is 11.0 Å². The summed E-state index contributed by atoms with van der Waals surface area (Å²) in [6, 6.07) is -0.0537. The second-order valence-electron chi connectivity index (χ2n) is 5.91. The molecule has 1 saturated heterocycles. The van der Waals surface area contributed by atoms with Gasteiger partial charge in [0, 0.05) is 0 Å². The molecule has 0 bridgehead atoms. The van der Waals surface area contributed by atoms with Crippen molar-refractivity contribution in [3.05, 3.63) is 5.01 Å². The number of likely N-dealkylation sites (tertiary alicyclic amines) is 1. The number of carbonyl (C=O) groups excluding carboxylic acids is 1. The first-order valence-electron chi connectivity index (χ1n) is 7.02. The molecule has 7 heteroatoms. The summed E-state index contributed by atoms with van der Waals surface area (Å²) in [5.74, 6) is 0.0631. The van der Waals surface area contributed by atoms with Gasteiger partial charge in [-0.2, -0.15) is 0 Å². The monoisotopic (exact) mass is 297 g/mol. The molecule has 1 amide bonds. The lowest BCUT2D eigenvalue weighted by molar-refractivity contribution is -0.127. The van der Waals surface area contributed by atoms with Crippen LogP contribution in [-0.4, -0.2) is 40.6 Å². The van der Waals surface area contributed by atoms with Gasteiger partial charge in [-0.1, -0.05) is 24.2 Å². The van der Waals surface area contributed by atoms with Crippen LogP contribution in [-0.2, 0) is 10.3 Å². The van der Waals surface area contributed by atoms with E-state index in [0.717, 1.165) is 30.8 Å². The second-order valence-corrected chi connectivity index (χ2v) is 6.91. The zero-order valence-electron chi connectivity index (χ0n) is 12.3. The highest BCUT2D eigenvalue weighted by atomic mass is 32.1. The molecule has 0 aromatic carbocycles. The fourth-order valence-electron chi connectivity index (χ4n) is 2.52. The normalized spacial score (nSPS) is 21.4. The first-order valence-corrected chi connectivity index (χ1v) is 7.83. The van der Waals surface area contributed by atoms with Crippen LogP contribution < -0.4 is 11.1 Å². The molecule has 1 unspecified atom stereocenters. The number of hydrogen-bond donors (Lipinski definition) is 2. The Hall–Kier alpha value is -1.21. The van der Waals surface area contributed by atoms with Gasteiger partial charge in [-0.25, -0.2) is 0 Å². The van der Waals surface area contributed by atoms with Crippen molar-refractivity contribution in [1.82, 2.24) is 20.4 Å². The number of anilines is 1. The van der Waals surface area contributed by atoms with Gasteiger partial charge in [-0.15, -0.1) is 10.2 Å². The second kappa shape index (κ2) is 6.05. The molecule has 1 aromatic heterocycles. The topological polar surface area (TPSA) is 84.1 Å². The van der Waals surface area contributed by atoms with Gasteiger partial charge in [0.05, 0.1) is 11.6 Å². The molecule has 2 rings (SSSR count). The fourth-order valence-corrected chi connectivity index (χ4v) is 3.18.